The second kappa shape index (κ2) is 6.52. The Hall–Kier alpha value is -1.88. The SMILES string of the molecule is CCC(CNC(=O)[C@H]1Cc2ccccc2CN1)C(=O)O. The Labute approximate surface area is 118 Å². The number of fused-ring (bicyclic) bond motifs is 1. The topological polar surface area (TPSA) is 78.4 Å². The minimum atomic E-state index is -0.866. The minimum absolute atomic E-state index is 0.126. The molecule has 1 aromatic rings. The van der Waals surface area contributed by atoms with Crippen LogP contribution in [0.2, 0.25) is 0 Å². The smallest absolute Gasteiger partial charge is 0.308 e. The molecular weight excluding hydrogens is 256 g/mol. The molecule has 1 amide bonds. The van der Waals surface area contributed by atoms with Gasteiger partial charge in [-0.25, -0.2) is 0 Å². The molecule has 0 bridgehead atoms. The van der Waals surface area contributed by atoms with E-state index in [9.17, 15) is 9.59 Å². The van der Waals surface area contributed by atoms with Gasteiger partial charge >= 0.3 is 5.97 Å². The summed E-state index contributed by atoms with van der Waals surface area (Å²) in [6.07, 6.45) is 1.16. The molecule has 5 nitrogen and oxygen atoms in total. The van der Waals surface area contributed by atoms with Crippen LogP contribution in [0.15, 0.2) is 24.3 Å². The van der Waals surface area contributed by atoms with E-state index in [0.29, 0.717) is 19.4 Å². The van der Waals surface area contributed by atoms with Gasteiger partial charge in [-0.1, -0.05) is 31.2 Å². The Morgan fingerprint density at radius 2 is 2.10 bits per heavy atom. The van der Waals surface area contributed by atoms with Gasteiger partial charge in [-0.2, -0.15) is 0 Å². The molecule has 1 unspecified atom stereocenters. The summed E-state index contributed by atoms with van der Waals surface area (Å²) in [4.78, 5) is 23.0. The average Bonchev–Trinajstić information content (AvgIpc) is 2.46. The number of nitrogens with one attached hydrogen (secondary N) is 2. The predicted molar refractivity (Wildman–Crippen MR) is 75.2 cm³/mol. The first-order valence-electron chi connectivity index (χ1n) is 6.92. The van der Waals surface area contributed by atoms with E-state index >= 15 is 0 Å². The first-order valence-corrected chi connectivity index (χ1v) is 6.92. The van der Waals surface area contributed by atoms with E-state index < -0.39 is 11.9 Å². The number of carboxylic acid groups (broad SMARTS) is 1. The molecular formula is C15H20N2O3. The zero-order valence-electron chi connectivity index (χ0n) is 11.6. The third-order valence-electron chi connectivity index (χ3n) is 3.76. The van der Waals surface area contributed by atoms with Gasteiger partial charge in [-0.05, 0) is 24.0 Å². The van der Waals surface area contributed by atoms with Gasteiger partial charge in [0.05, 0.1) is 12.0 Å². The van der Waals surface area contributed by atoms with E-state index in [0.717, 1.165) is 0 Å². The zero-order valence-corrected chi connectivity index (χ0v) is 11.6. The fraction of sp³-hybridized carbons (Fsp3) is 0.467. The number of carbonyl (C=O) groups is 2. The zero-order chi connectivity index (χ0) is 14.5. The Morgan fingerprint density at radius 3 is 2.75 bits per heavy atom. The van der Waals surface area contributed by atoms with Crippen molar-refractivity contribution >= 4 is 11.9 Å². The van der Waals surface area contributed by atoms with Gasteiger partial charge in [0.25, 0.3) is 0 Å². The number of carboxylic acids is 1. The molecule has 1 heterocycles. The van der Waals surface area contributed by atoms with Crippen molar-refractivity contribution in [3.05, 3.63) is 35.4 Å². The van der Waals surface area contributed by atoms with Crippen LogP contribution in [0.1, 0.15) is 24.5 Å². The predicted octanol–water partition coefficient (Wildman–Crippen LogP) is 0.928. The van der Waals surface area contributed by atoms with E-state index in [1.807, 2.05) is 24.3 Å². The van der Waals surface area contributed by atoms with Gasteiger partial charge < -0.3 is 15.7 Å². The van der Waals surface area contributed by atoms with Crippen molar-refractivity contribution in [1.29, 1.82) is 0 Å². The second-order valence-corrected chi connectivity index (χ2v) is 5.09. The third-order valence-corrected chi connectivity index (χ3v) is 3.76. The maximum atomic E-state index is 12.1. The molecule has 5 heteroatoms. The van der Waals surface area contributed by atoms with Crippen LogP contribution >= 0.6 is 0 Å². The van der Waals surface area contributed by atoms with E-state index in [-0.39, 0.29) is 18.5 Å². The summed E-state index contributed by atoms with van der Waals surface area (Å²) in [6.45, 7) is 2.66. The number of benzene rings is 1. The number of hydrogen-bond acceptors (Lipinski definition) is 3. The van der Waals surface area contributed by atoms with Crippen molar-refractivity contribution in [2.45, 2.75) is 32.4 Å². The molecule has 0 saturated heterocycles. The Kier molecular flexibility index (Phi) is 4.74. The Morgan fingerprint density at radius 1 is 1.40 bits per heavy atom. The van der Waals surface area contributed by atoms with Gasteiger partial charge in [-0.3, -0.25) is 9.59 Å². The number of aliphatic carboxylic acids is 1. The van der Waals surface area contributed by atoms with Crippen LogP contribution in [0.5, 0.6) is 0 Å². The molecule has 1 aromatic carbocycles. The lowest BCUT2D eigenvalue weighted by Gasteiger charge is -2.25. The number of hydrogen-bond donors (Lipinski definition) is 3. The molecule has 0 aromatic heterocycles. The van der Waals surface area contributed by atoms with Crippen molar-refractivity contribution in [3.63, 3.8) is 0 Å². The van der Waals surface area contributed by atoms with Crippen LogP contribution in [0.25, 0.3) is 0 Å². The first-order chi connectivity index (χ1) is 9.61. The van der Waals surface area contributed by atoms with E-state index in [2.05, 4.69) is 10.6 Å². The summed E-state index contributed by atoms with van der Waals surface area (Å²) in [7, 11) is 0. The molecule has 0 spiro atoms. The lowest BCUT2D eigenvalue weighted by Crippen LogP contribution is -2.49. The van der Waals surface area contributed by atoms with Gasteiger partial charge in [0.2, 0.25) is 5.91 Å². The highest BCUT2D eigenvalue weighted by Gasteiger charge is 2.25. The third kappa shape index (κ3) is 3.36. The molecule has 1 aliphatic heterocycles. The molecule has 2 rings (SSSR count). The van der Waals surface area contributed by atoms with Crippen LogP contribution in [-0.2, 0) is 22.6 Å². The fourth-order valence-electron chi connectivity index (χ4n) is 2.39. The molecule has 2 atom stereocenters. The van der Waals surface area contributed by atoms with Crippen molar-refractivity contribution in [3.8, 4) is 0 Å². The standard InChI is InChI=1S/C15H20N2O3/c1-2-10(15(19)20)8-17-14(18)13-7-11-5-3-4-6-12(11)9-16-13/h3-6,10,13,16H,2,7-9H2,1H3,(H,17,18)(H,19,20)/t10?,13-/m1/s1. The van der Waals surface area contributed by atoms with Gasteiger partial charge in [-0.15, -0.1) is 0 Å². The molecule has 0 saturated carbocycles. The first kappa shape index (κ1) is 14.5. The number of carbonyl (C=O) groups excluding carboxylic acids is 1. The number of amides is 1. The molecule has 108 valence electrons. The summed E-state index contributed by atoms with van der Waals surface area (Å²) in [5.74, 6) is -1.51. The summed E-state index contributed by atoms with van der Waals surface area (Å²) in [5, 5.41) is 14.9. The highest BCUT2D eigenvalue weighted by atomic mass is 16.4. The van der Waals surface area contributed by atoms with Crippen LogP contribution in [0, 0.1) is 5.92 Å². The van der Waals surface area contributed by atoms with Gasteiger partial charge in [0.15, 0.2) is 0 Å². The summed E-state index contributed by atoms with van der Waals surface area (Å²) in [5.41, 5.74) is 2.39. The van der Waals surface area contributed by atoms with E-state index in [1.165, 1.54) is 11.1 Å². The molecule has 0 radical (unpaired) electrons. The van der Waals surface area contributed by atoms with Crippen LogP contribution in [0.3, 0.4) is 0 Å². The van der Waals surface area contributed by atoms with Crippen molar-refractivity contribution in [2.24, 2.45) is 5.92 Å². The Bertz CT molecular complexity index is 502. The maximum Gasteiger partial charge on any atom is 0.308 e. The molecule has 20 heavy (non-hydrogen) atoms. The summed E-state index contributed by atoms with van der Waals surface area (Å²) < 4.78 is 0. The van der Waals surface area contributed by atoms with Gasteiger partial charge in [0.1, 0.15) is 0 Å². The largest absolute Gasteiger partial charge is 0.481 e. The minimum Gasteiger partial charge on any atom is -0.481 e. The molecule has 3 N–H and O–H groups in total. The molecule has 0 fully saturated rings. The molecule has 0 aliphatic carbocycles. The summed E-state index contributed by atoms with van der Waals surface area (Å²) >= 11 is 0. The summed E-state index contributed by atoms with van der Waals surface area (Å²) in [6, 6.07) is 7.75. The van der Waals surface area contributed by atoms with Crippen LogP contribution in [-0.4, -0.2) is 29.6 Å². The maximum absolute atomic E-state index is 12.1. The second-order valence-electron chi connectivity index (χ2n) is 5.09. The van der Waals surface area contributed by atoms with Crippen LogP contribution in [0.4, 0.5) is 0 Å². The van der Waals surface area contributed by atoms with Crippen molar-refractivity contribution in [2.75, 3.05) is 6.54 Å². The Balaban J connectivity index is 1.90. The van der Waals surface area contributed by atoms with E-state index in [4.69, 9.17) is 5.11 Å². The van der Waals surface area contributed by atoms with Gasteiger partial charge in [0, 0.05) is 13.1 Å². The molecule has 1 aliphatic rings. The lowest BCUT2D eigenvalue weighted by atomic mass is 9.95. The fourth-order valence-corrected chi connectivity index (χ4v) is 2.39. The van der Waals surface area contributed by atoms with Crippen LogP contribution < -0.4 is 10.6 Å². The lowest BCUT2D eigenvalue weighted by molar-refractivity contribution is -0.141. The van der Waals surface area contributed by atoms with Crippen molar-refractivity contribution < 1.29 is 14.7 Å². The van der Waals surface area contributed by atoms with Crippen molar-refractivity contribution in [1.82, 2.24) is 10.6 Å². The highest BCUT2D eigenvalue weighted by molar-refractivity contribution is 5.83. The van der Waals surface area contributed by atoms with E-state index in [1.54, 1.807) is 6.92 Å². The average molecular weight is 276 g/mol. The quantitative estimate of drug-likeness (QED) is 0.747. The monoisotopic (exact) mass is 276 g/mol. The number of rotatable bonds is 5. The highest BCUT2D eigenvalue weighted by Crippen LogP contribution is 2.16. The normalized spacial score (nSPS) is 18.9.